The van der Waals surface area contributed by atoms with Crippen molar-refractivity contribution >= 4 is 19.5 Å². The Labute approximate surface area is 146 Å². The highest BCUT2D eigenvalue weighted by Crippen LogP contribution is 2.45. The van der Waals surface area contributed by atoms with Crippen molar-refractivity contribution in [3.8, 4) is 5.75 Å². The van der Waals surface area contributed by atoms with Crippen LogP contribution < -0.4 is 4.43 Å². The van der Waals surface area contributed by atoms with E-state index in [1.165, 1.54) is 16.7 Å². The van der Waals surface area contributed by atoms with Gasteiger partial charge in [-0.15, -0.1) is 0 Å². The molecule has 1 aliphatic rings. The van der Waals surface area contributed by atoms with E-state index in [0.29, 0.717) is 0 Å². The Morgan fingerprint density at radius 2 is 1.58 bits per heavy atom. The van der Waals surface area contributed by atoms with Crippen molar-refractivity contribution in [2.24, 2.45) is 0 Å². The summed E-state index contributed by atoms with van der Waals surface area (Å²) in [6.45, 7) is 15.7. The van der Waals surface area contributed by atoms with Gasteiger partial charge in [0.15, 0.2) is 0 Å². The third-order valence-electron chi connectivity index (χ3n) is 5.21. The predicted molar refractivity (Wildman–Crippen MR) is 107 cm³/mol. The van der Waals surface area contributed by atoms with Crippen LogP contribution in [0.1, 0.15) is 37.5 Å². The van der Waals surface area contributed by atoms with Gasteiger partial charge in [0.25, 0.3) is 8.32 Å². The fraction of sp³-hybridized carbons (Fsp3) is 0.273. The summed E-state index contributed by atoms with van der Waals surface area (Å²) in [6, 6.07) is 16.9. The first-order valence-electron chi connectivity index (χ1n) is 8.49. The highest BCUT2D eigenvalue weighted by atomic mass is 28.4. The summed E-state index contributed by atoms with van der Waals surface area (Å²) >= 11 is 0. The van der Waals surface area contributed by atoms with Crippen molar-refractivity contribution in [1.82, 2.24) is 0 Å². The van der Waals surface area contributed by atoms with Gasteiger partial charge < -0.3 is 4.43 Å². The summed E-state index contributed by atoms with van der Waals surface area (Å²) in [7, 11) is -1.88. The monoisotopic (exact) mass is 334 g/mol. The Morgan fingerprint density at radius 1 is 0.917 bits per heavy atom. The minimum atomic E-state index is -1.88. The molecule has 0 aromatic heterocycles. The molecule has 0 atom stereocenters. The number of allylic oxidation sites excluding steroid dienone is 2. The Kier molecular flexibility index (Phi) is 4.04. The molecule has 0 saturated carbocycles. The summed E-state index contributed by atoms with van der Waals surface area (Å²) in [6.07, 6.45) is 2.18. The van der Waals surface area contributed by atoms with Gasteiger partial charge in [0, 0.05) is 5.56 Å². The Morgan fingerprint density at radius 3 is 2.21 bits per heavy atom. The molecule has 0 spiro atoms. The number of rotatable bonds is 3. The molecule has 2 aromatic carbocycles. The van der Waals surface area contributed by atoms with Gasteiger partial charge >= 0.3 is 0 Å². The van der Waals surface area contributed by atoms with Crippen molar-refractivity contribution in [3.63, 3.8) is 0 Å². The van der Waals surface area contributed by atoms with Crippen LogP contribution in [0.25, 0.3) is 11.1 Å². The van der Waals surface area contributed by atoms with Gasteiger partial charge in [-0.1, -0.05) is 69.8 Å². The molecule has 124 valence electrons. The first-order valence-corrected chi connectivity index (χ1v) is 11.4. The lowest BCUT2D eigenvalue weighted by Gasteiger charge is -2.37. The van der Waals surface area contributed by atoms with Crippen molar-refractivity contribution in [1.29, 1.82) is 0 Å². The molecule has 0 fully saturated rings. The molecule has 1 aliphatic carbocycles. The minimum Gasteiger partial charge on any atom is -0.543 e. The first-order chi connectivity index (χ1) is 11.2. The average molecular weight is 335 g/mol. The molecule has 0 N–H and O–H groups in total. The molecule has 0 radical (unpaired) electrons. The van der Waals surface area contributed by atoms with Crippen LogP contribution in [0.15, 0.2) is 61.2 Å². The molecule has 24 heavy (non-hydrogen) atoms. The summed E-state index contributed by atoms with van der Waals surface area (Å²) in [5, 5.41) is 0.172. The van der Waals surface area contributed by atoms with E-state index in [1.807, 2.05) is 6.07 Å². The second-order valence-electron chi connectivity index (χ2n) is 7.99. The Balaban J connectivity index is 2.05. The molecule has 0 heterocycles. The summed E-state index contributed by atoms with van der Waals surface area (Å²) in [5.41, 5.74) is 5.87. The van der Waals surface area contributed by atoms with Crippen LogP contribution in [-0.4, -0.2) is 8.32 Å². The van der Waals surface area contributed by atoms with Crippen LogP contribution >= 0.6 is 0 Å². The molecule has 3 rings (SSSR count). The molecular formula is C22H26OSi. The maximum absolute atomic E-state index is 6.61. The molecule has 0 saturated heterocycles. The molecule has 0 unspecified atom stereocenters. The largest absolute Gasteiger partial charge is 0.543 e. The van der Waals surface area contributed by atoms with Crippen LogP contribution in [0.4, 0.5) is 0 Å². The fourth-order valence-electron chi connectivity index (χ4n) is 2.78. The van der Waals surface area contributed by atoms with E-state index in [0.717, 1.165) is 16.9 Å². The third kappa shape index (κ3) is 2.87. The van der Waals surface area contributed by atoms with Crippen molar-refractivity contribution in [2.45, 2.75) is 38.9 Å². The zero-order chi connectivity index (χ0) is 17.5. The Hall–Kier alpha value is -2.06. The lowest BCUT2D eigenvalue weighted by atomic mass is 9.98. The lowest BCUT2D eigenvalue weighted by Crippen LogP contribution is -2.44. The molecule has 2 aromatic rings. The predicted octanol–water partition coefficient (Wildman–Crippen LogP) is 6.53. The lowest BCUT2D eigenvalue weighted by molar-refractivity contribution is 0.491. The first kappa shape index (κ1) is 16.8. The topological polar surface area (TPSA) is 9.23 Å². The smallest absolute Gasteiger partial charge is 0.250 e. The van der Waals surface area contributed by atoms with Crippen LogP contribution in [0.2, 0.25) is 18.1 Å². The van der Waals surface area contributed by atoms with Crippen LogP contribution in [-0.2, 0) is 0 Å². The fourth-order valence-corrected chi connectivity index (χ4v) is 3.81. The maximum Gasteiger partial charge on any atom is 0.250 e. The highest BCUT2D eigenvalue weighted by Gasteiger charge is 2.40. The molecule has 2 heteroatoms. The Bertz CT molecular complexity index is 808. The van der Waals surface area contributed by atoms with E-state index in [9.17, 15) is 0 Å². The van der Waals surface area contributed by atoms with Gasteiger partial charge in [0.05, 0.1) is 0 Å². The van der Waals surface area contributed by atoms with Gasteiger partial charge in [0.2, 0.25) is 0 Å². The van der Waals surface area contributed by atoms with E-state index in [-0.39, 0.29) is 5.04 Å². The molecule has 1 nitrogen and oxygen atoms in total. The quantitative estimate of drug-likeness (QED) is 0.580. The highest BCUT2D eigenvalue weighted by molar-refractivity contribution is 6.74. The van der Waals surface area contributed by atoms with Crippen LogP contribution in [0.5, 0.6) is 5.75 Å². The minimum absolute atomic E-state index is 0.172. The van der Waals surface area contributed by atoms with Crippen molar-refractivity contribution < 1.29 is 4.43 Å². The standard InChI is InChI=1S/C22H26OSi/c1-16-15-19(17-11-8-7-9-12-17)18-13-10-14-20(21(16)18)23-24(5,6)22(2,3)4/h7-15H,1H2,2-6H3. The van der Waals surface area contributed by atoms with Crippen LogP contribution in [0, 0.1) is 0 Å². The molecular weight excluding hydrogens is 308 g/mol. The number of benzene rings is 2. The summed E-state index contributed by atoms with van der Waals surface area (Å²) in [4.78, 5) is 0. The second kappa shape index (κ2) is 5.78. The van der Waals surface area contributed by atoms with Gasteiger partial charge in [-0.3, -0.25) is 0 Å². The van der Waals surface area contributed by atoms with Crippen molar-refractivity contribution in [3.05, 3.63) is 77.9 Å². The van der Waals surface area contributed by atoms with Gasteiger partial charge in [-0.2, -0.15) is 0 Å². The number of hydrogen-bond acceptors (Lipinski definition) is 1. The van der Waals surface area contributed by atoms with E-state index >= 15 is 0 Å². The normalized spacial score (nSPS) is 14.4. The van der Waals surface area contributed by atoms with Gasteiger partial charge in [-0.05, 0) is 52.5 Å². The zero-order valence-electron chi connectivity index (χ0n) is 15.3. The van der Waals surface area contributed by atoms with Gasteiger partial charge in [0.1, 0.15) is 5.75 Å². The molecule has 0 amide bonds. The summed E-state index contributed by atoms with van der Waals surface area (Å²) < 4.78 is 6.61. The molecule has 0 bridgehead atoms. The second-order valence-corrected chi connectivity index (χ2v) is 12.7. The zero-order valence-corrected chi connectivity index (χ0v) is 16.3. The van der Waals surface area contributed by atoms with E-state index < -0.39 is 8.32 Å². The maximum atomic E-state index is 6.61. The third-order valence-corrected chi connectivity index (χ3v) is 9.55. The number of fused-ring (bicyclic) bond motifs is 1. The van der Waals surface area contributed by atoms with Gasteiger partial charge in [-0.25, -0.2) is 0 Å². The van der Waals surface area contributed by atoms with E-state index in [1.54, 1.807) is 0 Å². The summed E-state index contributed by atoms with van der Waals surface area (Å²) in [5.74, 6) is 0.978. The van der Waals surface area contributed by atoms with Crippen molar-refractivity contribution in [2.75, 3.05) is 0 Å². The SMILES string of the molecule is C=C1C=C(c2ccccc2)c2cccc(O[Si](C)(C)C(C)(C)C)c21. The van der Waals surface area contributed by atoms with E-state index in [2.05, 4.69) is 89.0 Å². The number of hydrogen-bond donors (Lipinski definition) is 0. The van der Waals surface area contributed by atoms with Crippen LogP contribution in [0.3, 0.4) is 0 Å². The molecule has 0 aliphatic heterocycles. The van der Waals surface area contributed by atoms with E-state index in [4.69, 9.17) is 4.43 Å². The average Bonchev–Trinajstić information content (AvgIpc) is 2.85.